The molecule has 2 aliphatic rings. The van der Waals surface area contributed by atoms with Gasteiger partial charge in [-0.15, -0.1) is 0 Å². The molecule has 36 heavy (non-hydrogen) atoms. The van der Waals surface area contributed by atoms with Crippen LogP contribution in [0.25, 0.3) is 23.0 Å². The first-order valence-corrected chi connectivity index (χ1v) is 11.7. The number of anilines is 1. The topological polar surface area (TPSA) is 74.6 Å². The van der Waals surface area contributed by atoms with Gasteiger partial charge in [-0.2, -0.15) is 13.2 Å². The van der Waals surface area contributed by atoms with E-state index in [1.54, 1.807) is 30.3 Å². The Kier molecular flexibility index (Phi) is 6.40. The zero-order chi connectivity index (χ0) is 25.3. The number of hydrogen-bond donors (Lipinski definition) is 2. The number of carbonyl (C=O) groups is 2. The predicted molar refractivity (Wildman–Crippen MR) is 130 cm³/mol. The molecule has 0 spiro atoms. The van der Waals surface area contributed by atoms with Crippen molar-refractivity contribution in [3.63, 3.8) is 0 Å². The highest BCUT2D eigenvalue weighted by Crippen LogP contribution is 2.38. The fourth-order valence-electron chi connectivity index (χ4n) is 4.49. The van der Waals surface area contributed by atoms with E-state index in [0.29, 0.717) is 34.8 Å². The van der Waals surface area contributed by atoms with Gasteiger partial charge in [-0.05, 0) is 68.4 Å². The molecule has 3 aromatic rings. The summed E-state index contributed by atoms with van der Waals surface area (Å²) in [5, 5.41) is 5.43. The number of carbonyl (C=O) groups excluding carboxylic acids is 2. The minimum Gasteiger partial charge on any atom is -0.457 e. The number of halogens is 3. The van der Waals surface area contributed by atoms with E-state index in [-0.39, 0.29) is 17.2 Å². The van der Waals surface area contributed by atoms with Crippen molar-refractivity contribution in [2.45, 2.75) is 19.0 Å². The molecule has 2 amide bonds. The van der Waals surface area contributed by atoms with Gasteiger partial charge in [0.15, 0.2) is 0 Å². The number of fused-ring (bicyclic) bond motifs is 1. The van der Waals surface area contributed by atoms with Gasteiger partial charge < -0.3 is 20.0 Å². The maximum absolute atomic E-state index is 13.0. The number of rotatable bonds is 6. The van der Waals surface area contributed by atoms with Crippen molar-refractivity contribution in [1.29, 1.82) is 0 Å². The number of nitrogens with one attached hydrogen (secondary N) is 2. The van der Waals surface area contributed by atoms with E-state index in [2.05, 4.69) is 15.5 Å². The van der Waals surface area contributed by atoms with Crippen molar-refractivity contribution < 1.29 is 27.2 Å². The van der Waals surface area contributed by atoms with E-state index in [0.717, 1.165) is 31.8 Å². The smallest absolute Gasteiger partial charge is 0.416 e. The molecule has 2 aliphatic heterocycles. The molecule has 1 aromatic heterocycles. The molecule has 2 aromatic carbocycles. The summed E-state index contributed by atoms with van der Waals surface area (Å²) < 4.78 is 44.9. The van der Waals surface area contributed by atoms with Gasteiger partial charge in [-0.3, -0.25) is 9.59 Å². The molecular weight excluding hydrogens is 471 g/mol. The third-order valence-corrected chi connectivity index (χ3v) is 6.36. The van der Waals surface area contributed by atoms with Crippen LogP contribution in [0.15, 0.2) is 59.0 Å². The van der Waals surface area contributed by atoms with Crippen LogP contribution < -0.4 is 10.6 Å². The first-order valence-electron chi connectivity index (χ1n) is 11.7. The largest absolute Gasteiger partial charge is 0.457 e. The summed E-state index contributed by atoms with van der Waals surface area (Å²) in [5.41, 5.74) is 1.07. The van der Waals surface area contributed by atoms with Crippen LogP contribution in [0.3, 0.4) is 0 Å². The molecule has 0 atom stereocenters. The van der Waals surface area contributed by atoms with Crippen LogP contribution in [0.1, 0.15) is 40.1 Å². The summed E-state index contributed by atoms with van der Waals surface area (Å²) in [5.74, 6) is 0.195. The highest BCUT2D eigenvalue weighted by molar-refractivity contribution is 6.34. The van der Waals surface area contributed by atoms with E-state index >= 15 is 0 Å². The quantitative estimate of drug-likeness (QED) is 0.456. The summed E-state index contributed by atoms with van der Waals surface area (Å²) in [7, 11) is 0. The van der Waals surface area contributed by atoms with Crippen LogP contribution >= 0.6 is 0 Å². The van der Waals surface area contributed by atoms with Crippen LogP contribution in [0.5, 0.6) is 0 Å². The minimum atomic E-state index is -4.50. The standard InChI is InChI=1S/C27H24F3N3O3/c28-27(29,30)19-6-8-21-22(26(35)32-23(21)15-19)16-20-7-9-24(36-20)17-4-3-5-18(14-17)25(34)31-10-13-33-11-1-2-12-33/h3-9,14-16H,1-2,10-13H2,(H,31,34)(H,32,35). The molecule has 0 saturated carbocycles. The van der Waals surface area contributed by atoms with Crippen LogP contribution in [0.4, 0.5) is 18.9 Å². The number of likely N-dealkylation sites (tertiary alicyclic amines) is 1. The summed E-state index contributed by atoms with van der Waals surface area (Å²) in [6.45, 7) is 3.56. The number of amides is 2. The molecule has 1 saturated heterocycles. The average molecular weight is 496 g/mol. The molecule has 0 radical (unpaired) electrons. The highest BCUT2D eigenvalue weighted by Gasteiger charge is 2.33. The molecule has 3 heterocycles. The maximum atomic E-state index is 13.0. The maximum Gasteiger partial charge on any atom is 0.416 e. The van der Waals surface area contributed by atoms with Gasteiger partial charge in [0.05, 0.1) is 11.1 Å². The Labute approximate surface area is 205 Å². The van der Waals surface area contributed by atoms with Crippen LogP contribution in [0.2, 0.25) is 0 Å². The van der Waals surface area contributed by atoms with Gasteiger partial charge in [0.1, 0.15) is 11.5 Å². The van der Waals surface area contributed by atoms with Crippen LogP contribution in [-0.2, 0) is 11.0 Å². The molecule has 186 valence electrons. The monoisotopic (exact) mass is 495 g/mol. The van der Waals surface area contributed by atoms with E-state index in [4.69, 9.17) is 4.42 Å². The first-order chi connectivity index (χ1) is 17.3. The molecule has 0 bridgehead atoms. The van der Waals surface area contributed by atoms with Gasteiger partial charge in [-0.25, -0.2) is 0 Å². The molecular formula is C27H24F3N3O3. The lowest BCUT2D eigenvalue weighted by molar-refractivity contribution is -0.137. The SMILES string of the molecule is O=C1Nc2cc(C(F)(F)F)ccc2C1=Cc1ccc(-c2cccc(C(=O)NCCN3CCCC3)c2)o1. The third-order valence-electron chi connectivity index (χ3n) is 6.36. The van der Waals surface area contributed by atoms with Crippen molar-refractivity contribution in [3.05, 3.63) is 77.0 Å². The normalized spacial score (nSPS) is 16.9. The molecule has 0 unspecified atom stereocenters. The Morgan fingerprint density at radius 2 is 1.89 bits per heavy atom. The Balaban J connectivity index is 1.30. The predicted octanol–water partition coefficient (Wildman–Crippen LogP) is 5.28. The van der Waals surface area contributed by atoms with E-state index in [1.165, 1.54) is 25.0 Å². The Morgan fingerprint density at radius 1 is 1.08 bits per heavy atom. The number of furan rings is 1. The Bertz CT molecular complexity index is 1340. The van der Waals surface area contributed by atoms with Crippen molar-refractivity contribution in [3.8, 4) is 11.3 Å². The summed E-state index contributed by atoms with van der Waals surface area (Å²) in [6.07, 6.45) is -0.601. The molecule has 2 N–H and O–H groups in total. The van der Waals surface area contributed by atoms with E-state index in [9.17, 15) is 22.8 Å². The first kappa shape index (κ1) is 23.9. The highest BCUT2D eigenvalue weighted by atomic mass is 19.4. The lowest BCUT2D eigenvalue weighted by atomic mass is 10.0. The van der Waals surface area contributed by atoms with Gasteiger partial charge >= 0.3 is 6.18 Å². The average Bonchev–Trinajstić information content (AvgIpc) is 3.60. The van der Waals surface area contributed by atoms with Crippen molar-refractivity contribution in [2.24, 2.45) is 0 Å². The summed E-state index contributed by atoms with van der Waals surface area (Å²) in [6, 6.07) is 13.6. The van der Waals surface area contributed by atoms with Crippen molar-refractivity contribution >= 4 is 29.2 Å². The van der Waals surface area contributed by atoms with Crippen molar-refractivity contribution in [1.82, 2.24) is 10.2 Å². The number of benzene rings is 2. The van der Waals surface area contributed by atoms with Gasteiger partial charge in [0.2, 0.25) is 0 Å². The van der Waals surface area contributed by atoms with E-state index in [1.807, 2.05) is 6.07 Å². The molecule has 5 rings (SSSR count). The molecule has 1 fully saturated rings. The zero-order valence-corrected chi connectivity index (χ0v) is 19.3. The summed E-state index contributed by atoms with van der Waals surface area (Å²) >= 11 is 0. The number of alkyl halides is 3. The molecule has 6 nitrogen and oxygen atoms in total. The Morgan fingerprint density at radius 3 is 2.67 bits per heavy atom. The second kappa shape index (κ2) is 9.66. The molecule has 9 heteroatoms. The van der Waals surface area contributed by atoms with Gasteiger partial charge in [-0.1, -0.05) is 18.2 Å². The second-order valence-electron chi connectivity index (χ2n) is 8.86. The van der Waals surface area contributed by atoms with Gasteiger partial charge in [0.25, 0.3) is 11.8 Å². The Hall–Kier alpha value is -3.85. The summed E-state index contributed by atoms with van der Waals surface area (Å²) in [4.78, 5) is 27.3. The molecule has 0 aliphatic carbocycles. The number of hydrogen-bond acceptors (Lipinski definition) is 4. The fraction of sp³-hybridized carbons (Fsp3) is 0.259. The second-order valence-corrected chi connectivity index (χ2v) is 8.86. The zero-order valence-electron chi connectivity index (χ0n) is 19.3. The van der Waals surface area contributed by atoms with Gasteiger partial charge in [0, 0.05) is 35.5 Å². The van der Waals surface area contributed by atoms with E-state index < -0.39 is 17.6 Å². The fourth-order valence-corrected chi connectivity index (χ4v) is 4.49. The lowest BCUT2D eigenvalue weighted by Gasteiger charge is -2.14. The number of nitrogens with zero attached hydrogens (tertiary/aromatic N) is 1. The lowest BCUT2D eigenvalue weighted by Crippen LogP contribution is -2.33. The van der Waals surface area contributed by atoms with Crippen LogP contribution in [0, 0.1) is 0 Å². The third kappa shape index (κ3) is 5.06. The van der Waals surface area contributed by atoms with Crippen molar-refractivity contribution in [2.75, 3.05) is 31.5 Å². The van der Waals surface area contributed by atoms with Crippen LogP contribution in [-0.4, -0.2) is 42.9 Å². The minimum absolute atomic E-state index is 0.108.